The quantitative estimate of drug-likeness (QED) is 0.272. The van der Waals surface area contributed by atoms with Gasteiger partial charge < -0.3 is 9.47 Å². The molecule has 0 aliphatic carbocycles. The van der Waals surface area contributed by atoms with Crippen molar-refractivity contribution in [2.24, 2.45) is 0 Å². The van der Waals surface area contributed by atoms with Crippen molar-refractivity contribution in [3.8, 4) is 39.8 Å². The van der Waals surface area contributed by atoms with Crippen molar-refractivity contribution in [1.82, 2.24) is 24.4 Å². The Bertz CT molecular complexity index is 1840. The highest BCUT2D eigenvalue weighted by Crippen LogP contribution is 2.27. The molecular formula is C30H25N5O3S. The molecule has 0 saturated heterocycles. The zero-order valence-corrected chi connectivity index (χ0v) is 22.3. The first-order valence-electron chi connectivity index (χ1n) is 12.6. The smallest absolute Gasteiger partial charge is 0.291 e. The van der Waals surface area contributed by atoms with Crippen LogP contribution in [0.5, 0.6) is 11.5 Å². The number of thiazole rings is 1. The van der Waals surface area contributed by atoms with Gasteiger partial charge in [-0.2, -0.15) is 14.6 Å². The standard InChI is InChI=1S/C30H25N5O3S/c1-3-17-38-25-15-11-21(12-16-25)28-31-30-35(33-28)29(36)26(39-30)18-22-19-34(23-7-5-4-6-8-23)32-27(22)20-9-13-24(37-2)14-10-20/h4-16,18-19H,3,17H2,1-2H3/b26-18-. The molecule has 0 radical (unpaired) electrons. The van der Waals surface area contributed by atoms with Gasteiger partial charge in [0, 0.05) is 22.9 Å². The highest BCUT2D eigenvalue weighted by atomic mass is 32.1. The minimum absolute atomic E-state index is 0.218. The van der Waals surface area contributed by atoms with Crippen LogP contribution in [0, 0.1) is 0 Å². The summed E-state index contributed by atoms with van der Waals surface area (Å²) in [5, 5.41) is 9.35. The van der Waals surface area contributed by atoms with Gasteiger partial charge in [-0.05, 0) is 73.2 Å². The summed E-state index contributed by atoms with van der Waals surface area (Å²) in [6, 6.07) is 25.2. The van der Waals surface area contributed by atoms with Crippen LogP contribution in [0.2, 0.25) is 0 Å². The predicted octanol–water partition coefficient (Wildman–Crippen LogP) is 5.02. The van der Waals surface area contributed by atoms with Crippen molar-refractivity contribution in [3.05, 3.63) is 106 Å². The van der Waals surface area contributed by atoms with Crippen LogP contribution in [0.4, 0.5) is 0 Å². The maximum Gasteiger partial charge on any atom is 0.291 e. The third-order valence-corrected chi connectivity index (χ3v) is 7.14. The predicted molar refractivity (Wildman–Crippen MR) is 153 cm³/mol. The molecule has 0 unspecified atom stereocenters. The molecular weight excluding hydrogens is 510 g/mol. The van der Waals surface area contributed by atoms with Gasteiger partial charge in [-0.3, -0.25) is 4.79 Å². The molecule has 194 valence electrons. The average Bonchev–Trinajstić information content (AvgIpc) is 3.68. The van der Waals surface area contributed by atoms with Crippen molar-refractivity contribution in [2.45, 2.75) is 13.3 Å². The van der Waals surface area contributed by atoms with Gasteiger partial charge in [-0.15, -0.1) is 5.10 Å². The van der Waals surface area contributed by atoms with E-state index in [-0.39, 0.29) is 5.56 Å². The van der Waals surface area contributed by atoms with E-state index in [0.29, 0.717) is 21.9 Å². The Morgan fingerprint density at radius 1 is 0.897 bits per heavy atom. The van der Waals surface area contributed by atoms with E-state index in [9.17, 15) is 4.79 Å². The number of para-hydroxylation sites is 1. The number of benzene rings is 3. The molecule has 3 aromatic carbocycles. The molecule has 3 aromatic heterocycles. The first-order chi connectivity index (χ1) is 19.1. The Balaban J connectivity index is 1.40. The first kappa shape index (κ1) is 24.6. The van der Waals surface area contributed by atoms with Crippen LogP contribution >= 0.6 is 11.3 Å². The Morgan fingerprint density at radius 3 is 2.31 bits per heavy atom. The Hall–Kier alpha value is -4.76. The summed E-state index contributed by atoms with van der Waals surface area (Å²) >= 11 is 1.30. The molecule has 3 heterocycles. The van der Waals surface area contributed by atoms with Gasteiger partial charge in [0.15, 0.2) is 5.82 Å². The lowest BCUT2D eigenvalue weighted by Crippen LogP contribution is -2.23. The van der Waals surface area contributed by atoms with E-state index in [1.165, 1.54) is 15.9 Å². The zero-order valence-electron chi connectivity index (χ0n) is 21.4. The van der Waals surface area contributed by atoms with Crippen LogP contribution < -0.4 is 19.6 Å². The summed E-state index contributed by atoms with van der Waals surface area (Å²) in [5.74, 6) is 2.06. The summed E-state index contributed by atoms with van der Waals surface area (Å²) in [6.45, 7) is 2.73. The van der Waals surface area contributed by atoms with Crippen LogP contribution in [0.1, 0.15) is 18.9 Å². The number of ether oxygens (including phenoxy) is 2. The van der Waals surface area contributed by atoms with Crippen LogP contribution in [-0.4, -0.2) is 38.1 Å². The molecule has 39 heavy (non-hydrogen) atoms. The van der Waals surface area contributed by atoms with E-state index in [1.54, 1.807) is 7.11 Å². The molecule has 0 aliphatic rings. The Kier molecular flexibility index (Phi) is 6.64. The number of aromatic nitrogens is 5. The first-order valence-corrected chi connectivity index (χ1v) is 13.4. The van der Waals surface area contributed by atoms with Gasteiger partial charge >= 0.3 is 0 Å². The number of hydrogen-bond donors (Lipinski definition) is 0. The maximum atomic E-state index is 13.3. The van der Waals surface area contributed by atoms with Gasteiger partial charge in [0.05, 0.1) is 23.9 Å². The van der Waals surface area contributed by atoms with E-state index >= 15 is 0 Å². The highest BCUT2D eigenvalue weighted by Gasteiger charge is 2.15. The highest BCUT2D eigenvalue weighted by molar-refractivity contribution is 7.15. The third kappa shape index (κ3) is 4.92. The Labute approximate surface area is 228 Å². The lowest BCUT2D eigenvalue weighted by Gasteiger charge is -2.04. The van der Waals surface area contributed by atoms with E-state index in [1.807, 2.05) is 95.8 Å². The number of methoxy groups -OCH3 is 1. The zero-order chi connectivity index (χ0) is 26.8. The van der Waals surface area contributed by atoms with Crippen molar-refractivity contribution in [3.63, 3.8) is 0 Å². The topological polar surface area (TPSA) is 83.5 Å². The van der Waals surface area contributed by atoms with Gasteiger partial charge in [0.25, 0.3) is 5.56 Å². The number of rotatable bonds is 8. The van der Waals surface area contributed by atoms with Gasteiger partial charge in [0.2, 0.25) is 4.96 Å². The van der Waals surface area contributed by atoms with Gasteiger partial charge in [-0.25, -0.2) is 4.68 Å². The summed E-state index contributed by atoms with van der Waals surface area (Å²) in [4.78, 5) is 18.5. The molecule has 0 fully saturated rings. The van der Waals surface area contributed by atoms with Crippen molar-refractivity contribution in [1.29, 1.82) is 0 Å². The molecule has 6 rings (SSSR count). The van der Waals surface area contributed by atoms with Crippen LogP contribution in [-0.2, 0) is 0 Å². The minimum atomic E-state index is -0.218. The summed E-state index contributed by atoms with van der Waals surface area (Å²) in [7, 11) is 1.64. The normalized spacial score (nSPS) is 11.8. The second-order valence-corrected chi connectivity index (χ2v) is 9.87. The summed E-state index contributed by atoms with van der Waals surface area (Å²) in [5.41, 5.74) is 4.01. The third-order valence-electron chi connectivity index (χ3n) is 6.18. The van der Waals surface area contributed by atoms with Crippen LogP contribution in [0.15, 0.2) is 89.9 Å². The number of hydrogen-bond acceptors (Lipinski definition) is 7. The summed E-state index contributed by atoms with van der Waals surface area (Å²) in [6.07, 6.45) is 4.73. The van der Waals surface area contributed by atoms with E-state index in [0.717, 1.165) is 46.0 Å². The fourth-order valence-corrected chi connectivity index (χ4v) is 5.10. The van der Waals surface area contributed by atoms with E-state index in [4.69, 9.17) is 14.6 Å². The molecule has 0 atom stereocenters. The lowest BCUT2D eigenvalue weighted by atomic mass is 10.1. The Morgan fingerprint density at radius 2 is 1.62 bits per heavy atom. The van der Waals surface area contributed by atoms with Crippen molar-refractivity contribution >= 4 is 22.4 Å². The fourth-order valence-electron chi connectivity index (χ4n) is 4.20. The van der Waals surface area contributed by atoms with Gasteiger partial charge in [0.1, 0.15) is 17.2 Å². The monoisotopic (exact) mass is 535 g/mol. The molecule has 0 spiro atoms. The fraction of sp³-hybridized carbons (Fsp3) is 0.133. The molecule has 8 nitrogen and oxygen atoms in total. The second kappa shape index (κ2) is 10.5. The van der Waals surface area contributed by atoms with Crippen molar-refractivity contribution in [2.75, 3.05) is 13.7 Å². The second-order valence-electron chi connectivity index (χ2n) is 8.86. The molecule has 0 saturated carbocycles. The molecule has 0 amide bonds. The summed E-state index contributed by atoms with van der Waals surface area (Å²) < 4.78 is 14.7. The molecule has 9 heteroatoms. The maximum absolute atomic E-state index is 13.3. The molecule has 6 aromatic rings. The van der Waals surface area contributed by atoms with Crippen molar-refractivity contribution < 1.29 is 9.47 Å². The SMILES string of the molecule is CCCOc1ccc(-c2nc3s/c(=C\c4cn(-c5ccccc5)nc4-c4ccc(OC)cc4)c(=O)n3n2)cc1. The van der Waals surface area contributed by atoms with Crippen LogP contribution in [0.25, 0.3) is 39.4 Å². The van der Waals surface area contributed by atoms with E-state index < -0.39 is 0 Å². The van der Waals surface area contributed by atoms with Gasteiger partial charge in [-0.1, -0.05) is 36.5 Å². The molecule has 0 bridgehead atoms. The average molecular weight is 536 g/mol. The molecule has 0 aliphatic heterocycles. The minimum Gasteiger partial charge on any atom is -0.497 e. The lowest BCUT2D eigenvalue weighted by molar-refractivity contribution is 0.317. The largest absolute Gasteiger partial charge is 0.497 e. The number of fused-ring (bicyclic) bond motifs is 1. The van der Waals surface area contributed by atoms with E-state index in [2.05, 4.69) is 17.0 Å². The number of nitrogens with zero attached hydrogens (tertiary/aromatic N) is 5. The van der Waals surface area contributed by atoms with Crippen LogP contribution in [0.3, 0.4) is 0 Å². The molecule has 0 N–H and O–H groups in total.